The van der Waals surface area contributed by atoms with E-state index in [1.165, 1.54) is 32.9 Å². The smallest absolute Gasteiger partial charge is 0.144 e. The monoisotopic (exact) mass is 246 g/mol. The molecule has 4 rings (SSSR count). The Morgan fingerprint density at radius 1 is 0.895 bits per heavy atom. The van der Waals surface area contributed by atoms with E-state index in [2.05, 4.69) is 59.6 Å². The topological polar surface area (TPSA) is 17.3 Å². The van der Waals surface area contributed by atoms with Gasteiger partial charge in [0.15, 0.2) is 0 Å². The molecule has 0 saturated carbocycles. The zero-order chi connectivity index (χ0) is 13.0. The average molecular weight is 246 g/mol. The van der Waals surface area contributed by atoms with Gasteiger partial charge in [-0.3, -0.25) is 4.40 Å². The van der Waals surface area contributed by atoms with E-state index < -0.39 is 0 Å². The molecule has 0 bridgehead atoms. The first-order chi connectivity index (χ1) is 9.24. The van der Waals surface area contributed by atoms with Crippen molar-refractivity contribution in [3.63, 3.8) is 0 Å². The number of hydrogen-bond donors (Lipinski definition) is 0. The van der Waals surface area contributed by atoms with E-state index in [1.54, 1.807) is 0 Å². The maximum absolute atomic E-state index is 4.55. The zero-order valence-corrected chi connectivity index (χ0v) is 11.0. The molecule has 0 radical (unpaired) electrons. The molecule has 0 aliphatic carbocycles. The number of aryl methyl sites for hydroxylation is 2. The van der Waals surface area contributed by atoms with Crippen molar-refractivity contribution in [3.8, 4) is 0 Å². The number of nitrogens with zero attached hydrogens (tertiary/aromatic N) is 2. The van der Waals surface area contributed by atoms with Crippen molar-refractivity contribution in [2.45, 2.75) is 13.8 Å². The van der Waals surface area contributed by atoms with Gasteiger partial charge in [0.1, 0.15) is 5.65 Å². The van der Waals surface area contributed by atoms with Gasteiger partial charge in [0.25, 0.3) is 0 Å². The van der Waals surface area contributed by atoms with Gasteiger partial charge in [-0.1, -0.05) is 12.1 Å². The summed E-state index contributed by atoms with van der Waals surface area (Å²) in [6.45, 7) is 4.29. The fraction of sp³-hybridized carbons (Fsp3) is 0.118. The van der Waals surface area contributed by atoms with Gasteiger partial charge < -0.3 is 0 Å². The van der Waals surface area contributed by atoms with E-state index in [9.17, 15) is 0 Å². The highest BCUT2D eigenvalue weighted by Gasteiger charge is 2.09. The van der Waals surface area contributed by atoms with E-state index in [1.807, 2.05) is 12.3 Å². The fourth-order valence-corrected chi connectivity index (χ4v) is 2.85. The lowest BCUT2D eigenvalue weighted by Crippen LogP contribution is -1.92. The van der Waals surface area contributed by atoms with Crippen molar-refractivity contribution in [1.82, 2.24) is 9.38 Å². The third-order valence-corrected chi connectivity index (χ3v) is 3.76. The quantitative estimate of drug-likeness (QED) is 0.453. The van der Waals surface area contributed by atoms with Crippen LogP contribution in [0.25, 0.3) is 27.5 Å². The highest BCUT2D eigenvalue weighted by Crippen LogP contribution is 2.27. The van der Waals surface area contributed by atoms with Crippen LogP contribution in [0.3, 0.4) is 0 Å². The van der Waals surface area contributed by atoms with Crippen molar-refractivity contribution in [1.29, 1.82) is 0 Å². The summed E-state index contributed by atoms with van der Waals surface area (Å²) in [5.74, 6) is 0. The molecule has 0 N–H and O–H groups in total. The Morgan fingerprint density at radius 2 is 1.79 bits per heavy atom. The highest BCUT2D eigenvalue weighted by molar-refractivity contribution is 5.94. The Labute approximate surface area is 111 Å². The fourth-order valence-electron chi connectivity index (χ4n) is 2.85. The van der Waals surface area contributed by atoms with E-state index in [0.717, 1.165) is 5.65 Å². The van der Waals surface area contributed by atoms with Crippen LogP contribution >= 0.6 is 0 Å². The van der Waals surface area contributed by atoms with Crippen molar-refractivity contribution < 1.29 is 0 Å². The number of pyridine rings is 2. The van der Waals surface area contributed by atoms with E-state index >= 15 is 0 Å². The second-order valence-electron chi connectivity index (χ2n) is 5.17. The number of benzene rings is 1. The standard InChI is InChI=1S/C17H14N2/c1-11-5-6-13-9-12(2)15-10-14-4-3-7-18-17(14)19(15)16(13)8-11/h3-10H,1-2H3. The molecular formula is C17H14N2. The van der Waals surface area contributed by atoms with Crippen LogP contribution in [0.15, 0.2) is 48.7 Å². The number of hydrogen-bond acceptors (Lipinski definition) is 1. The van der Waals surface area contributed by atoms with Crippen LogP contribution in [0.5, 0.6) is 0 Å². The van der Waals surface area contributed by atoms with E-state index in [4.69, 9.17) is 0 Å². The third-order valence-electron chi connectivity index (χ3n) is 3.76. The van der Waals surface area contributed by atoms with Crippen molar-refractivity contribution >= 4 is 27.5 Å². The summed E-state index contributed by atoms with van der Waals surface area (Å²) in [6, 6.07) is 15.2. The average Bonchev–Trinajstić information content (AvgIpc) is 2.80. The molecule has 0 unspecified atom stereocenters. The summed E-state index contributed by atoms with van der Waals surface area (Å²) in [5.41, 5.74) is 6.07. The molecule has 0 spiro atoms. The molecule has 3 heterocycles. The van der Waals surface area contributed by atoms with Crippen LogP contribution in [-0.4, -0.2) is 9.38 Å². The first kappa shape index (κ1) is 10.6. The summed E-state index contributed by atoms with van der Waals surface area (Å²) in [5, 5.41) is 2.46. The first-order valence-electron chi connectivity index (χ1n) is 6.50. The van der Waals surface area contributed by atoms with Gasteiger partial charge in [-0.2, -0.15) is 0 Å². The molecule has 0 saturated heterocycles. The predicted molar refractivity (Wildman–Crippen MR) is 79.7 cm³/mol. The molecule has 0 aliphatic heterocycles. The molecule has 92 valence electrons. The van der Waals surface area contributed by atoms with Crippen LogP contribution < -0.4 is 0 Å². The lowest BCUT2D eigenvalue weighted by atomic mass is 10.1. The van der Waals surface area contributed by atoms with Crippen LogP contribution in [0.2, 0.25) is 0 Å². The maximum Gasteiger partial charge on any atom is 0.144 e. The molecule has 0 aliphatic rings. The molecular weight excluding hydrogens is 232 g/mol. The summed E-state index contributed by atoms with van der Waals surface area (Å²) < 4.78 is 2.27. The molecule has 4 aromatic rings. The summed E-state index contributed by atoms with van der Waals surface area (Å²) >= 11 is 0. The van der Waals surface area contributed by atoms with Gasteiger partial charge in [-0.25, -0.2) is 4.98 Å². The SMILES string of the molecule is Cc1ccc2cc(C)c3cc4cccnc4n3c2c1. The van der Waals surface area contributed by atoms with Crippen molar-refractivity contribution in [3.05, 3.63) is 59.8 Å². The minimum Gasteiger partial charge on any atom is -0.294 e. The Balaban J connectivity index is 2.38. The van der Waals surface area contributed by atoms with Crippen LogP contribution in [0.4, 0.5) is 0 Å². The molecule has 19 heavy (non-hydrogen) atoms. The molecule has 2 heteroatoms. The van der Waals surface area contributed by atoms with Gasteiger partial charge in [0, 0.05) is 11.6 Å². The van der Waals surface area contributed by atoms with E-state index in [-0.39, 0.29) is 0 Å². The molecule has 1 aromatic carbocycles. The van der Waals surface area contributed by atoms with Crippen LogP contribution in [0.1, 0.15) is 11.1 Å². The second-order valence-corrected chi connectivity index (χ2v) is 5.17. The van der Waals surface area contributed by atoms with E-state index in [0.29, 0.717) is 0 Å². The van der Waals surface area contributed by atoms with Crippen molar-refractivity contribution in [2.75, 3.05) is 0 Å². The lowest BCUT2D eigenvalue weighted by molar-refractivity contribution is 1.23. The third kappa shape index (κ3) is 1.40. The molecule has 3 aromatic heterocycles. The number of rotatable bonds is 0. The molecule has 0 fully saturated rings. The zero-order valence-electron chi connectivity index (χ0n) is 11.0. The summed E-state index contributed by atoms with van der Waals surface area (Å²) in [4.78, 5) is 4.55. The Kier molecular flexibility index (Phi) is 1.99. The molecule has 2 nitrogen and oxygen atoms in total. The first-order valence-corrected chi connectivity index (χ1v) is 6.50. The van der Waals surface area contributed by atoms with Gasteiger partial charge in [-0.15, -0.1) is 0 Å². The van der Waals surface area contributed by atoms with Gasteiger partial charge in [-0.05, 0) is 60.7 Å². The minimum absolute atomic E-state index is 1.04. The van der Waals surface area contributed by atoms with Crippen LogP contribution in [-0.2, 0) is 0 Å². The molecule has 0 atom stereocenters. The number of fused-ring (bicyclic) bond motifs is 5. The Hall–Kier alpha value is -2.35. The molecule has 0 amide bonds. The Bertz CT molecular complexity index is 932. The highest BCUT2D eigenvalue weighted by atomic mass is 15.0. The lowest BCUT2D eigenvalue weighted by Gasteiger charge is -2.07. The summed E-state index contributed by atoms with van der Waals surface area (Å²) in [6.07, 6.45) is 1.86. The number of aromatic nitrogens is 2. The van der Waals surface area contributed by atoms with Gasteiger partial charge in [0.2, 0.25) is 0 Å². The van der Waals surface area contributed by atoms with Crippen LogP contribution in [0, 0.1) is 13.8 Å². The van der Waals surface area contributed by atoms with Gasteiger partial charge in [0.05, 0.1) is 11.0 Å². The summed E-state index contributed by atoms with van der Waals surface area (Å²) in [7, 11) is 0. The minimum atomic E-state index is 1.04. The predicted octanol–water partition coefficient (Wildman–Crippen LogP) is 4.26. The normalized spacial score (nSPS) is 11.7. The second kappa shape index (κ2) is 3.58. The maximum atomic E-state index is 4.55. The largest absolute Gasteiger partial charge is 0.294 e. The Morgan fingerprint density at radius 3 is 2.68 bits per heavy atom. The van der Waals surface area contributed by atoms with Crippen molar-refractivity contribution in [2.24, 2.45) is 0 Å². The van der Waals surface area contributed by atoms with Gasteiger partial charge >= 0.3 is 0 Å².